The summed E-state index contributed by atoms with van der Waals surface area (Å²) in [6, 6.07) is 36.7. The maximum absolute atomic E-state index is 5.81. The zero-order valence-corrected chi connectivity index (χ0v) is 37.0. The zero-order valence-electron chi connectivity index (χ0n) is 35.4. The van der Waals surface area contributed by atoms with Crippen LogP contribution in [0.3, 0.4) is 0 Å². The molecule has 0 aliphatic heterocycles. The third-order valence-electron chi connectivity index (χ3n) is 13.3. The number of rotatable bonds is 4. The number of fused-ring (bicyclic) bond motifs is 9. The van der Waals surface area contributed by atoms with Crippen molar-refractivity contribution in [3.63, 3.8) is 0 Å². The van der Waals surface area contributed by atoms with Gasteiger partial charge in [0.1, 0.15) is 0 Å². The van der Waals surface area contributed by atoms with Crippen molar-refractivity contribution in [1.29, 1.82) is 0 Å². The van der Waals surface area contributed by atoms with E-state index in [-0.39, 0.29) is 16.2 Å². The van der Waals surface area contributed by atoms with Crippen LogP contribution >= 0.6 is 22.7 Å². The minimum atomic E-state index is -0.496. The molecule has 4 heteroatoms. The molecule has 2 aliphatic carbocycles. The van der Waals surface area contributed by atoms with Crippen LogP contribution in [0.2, 0.25) is 0 Å². The van der Waals surface area contributed by atoms with Crippen molar-refractivity contribution in [2.45, 2.75) is 96.8 Å². The Balaban J connectivity index is 1.21. The molecule has 4 aromatic heterocycles. The van der Waals surface area contributed by atoms with Crippen molar-refractivity contribution in [2.75, 3.05) is 0 Å². The van der Waals surface area contributed by atoms with E-state index in [1.165, 1.54) is 73.7 Å². The molecular weight excluding hydrogens is 741 g/mol. The topological polar surface area (TPSA) is 25.8 Å². The maximum Gasteiger partial charge on any atom is 0.0898 e. The van der Waals surface area contributed by atoms with Crippen LogP contribution in [0.15, 0.2) is 121 Å². The van der Waals surface area contributed by atoms with Gasteiger partial charge in [-0.1, -0.05) is 134 Å². The second-order valence-corrected chi connectivity index (χ2v) is 22.0. The van der Waals surface area contributed by atoms with E-state index in [4.69, 9.17) is 9.97 Å². The number of aromatic nitrogens is 2. The molecule has 0 N–H and O–H groups in total. The van der Waals surface area contributed by atoms with Crippen LogP contribution in [-0.4, -0.2) is 9.97 Å². The Bertz CT molecular complexity index is 3040. The first-order chi connectivity index (χ1) is 27.5. The van der Waals surface area contributed by atoms with Crippen molar-refractivity contribution in [1.82, 2.24) is 9.97 Å². The molecule has 0 saturated carbocycles. The molecule has 8 aromatic rings. The lowest BCUT2D eigenvalue weighted by molar-refractivity contribution is 0.394. The van der Waals surface area contributed by atoms with E-state index in [0.29, 0.717) is 11.8 Å². The van der Waals surface area contributed by atoms with E-state index in [9.17, 15) is 0 Å². The van der Waals surface area contributed by atoms with Gasteiger partial charge < -0.3 is 0 Å². The number of nitrogens with zero attached hydrogens (tertiary/aromatic N) is 2. The van der Waals surface area contributed by atoms with E-state index in [2.05, 4.69) is 191 Å². The van der Waals surface area contributed by atoms with Crippen LogP contribution in [0.4, 0.5) is 0 Å². The SMILES string of the molecule is CC(C)(C)c1ccc2sc3c(-c4cc5ccccc5c5cc(C(C)(C)C)sc45)nc(C(C)(C)c4cccc(-c5cccc6c5C5C=CC=CC5C6(C)C)n4)cc3c2c1. The molecule has 2 aliphatic rings. The van der Waals surface area contributed by atoms with Gasteiger partial charge in [0, 0.05) is 52.9 Å². The molecule has 2 nitrogen and oxygen atoms in total. The van der Waals surface area contributed by atoms with Crippen LogP contribution in [0, 0.1) is 5.92 Å². The molecule has 290 valence electrons. The summed E-state index contributed by atoms with van der Waals surface area (Å²) in [6.45, 7) is 23.3. The molecule has 0 amide bonds. The molecule has 0 bridgehead atoms. The van der Waals surface area contributed by atoms with Gasteiger partial charge in [-0.05, 0) is 106 Å². The van der Waals surface area contributed by atoms with Crippen LogP contribution < -0.4 is 0 Å². The van der Waals surface area contributed by atoms with Crippen LogP contribution in [0.1, 0.15) is 108 Å². The molecular formula is C54H52N2S2. The average Bonchev–Trinajstić information content (AvgIpc) is 3.88. The predicted octanol–water partition coefficient (Wildman–Crippen LogP) is 15.6. The van der Waals surface area contributed by atoms with E-state index in [1.54, 1.807) is 0 Å². The van der Waals surface area contributed by atoms with Crippen molar-refractivity contribution >= 4 is 63.7 Å². The summed E-state index contributed by atoms with van der Waals surface area (Å²) in [6.07, 6.45) is 9.24. The van der Waals surface area contributed by atoms with Gasteiger partial charge in [0.2, 0.25) is 0 Å². The maximum atomic E-state index is 5.81. The highest BCUT2D eigenvalue weighted by molar-refractivity contribution is 7.26. The van der Waals surface area contributed by atoms with Crippen molar-refractivity contribution in [3.05, 3.63) is 154 Å². The fourth-order valence-electron chi connectivity index (χ4n) is 9.70. The Kier molecular flexibility index (Phi) is 8.25. The predicted molar refractivity (Wildman–Crippen MR) is 252 cm³/mol. The summed E-state index contributed by atoms with van der Waals surface area (Å²) < 4.78 is 3.85. The van der Waals surface area contributed by atoms with Crippen molar-refractivity contribution in [2.24, 2.45) is 5.92 Å². The lowest BCUT2D eigenvalue weighted by atomic mass is 9.74. The molecule has 4 aromatic carbocycles. The summed E-state index contributed by atoms with van der Waals surface area (Å²) in [7, 11) is 0. The first-order valence-electron chi connectivity index (χ1n) is 20.8. The van der Waals surface area contributed by atoms with E-state index in [0.717, 1.165) is 22.8 Å². The number of pyridine rings is 2. The highest BCUT2D eigenvalue weighted by Crippen LogP contribution is 2.55. The van der Waals surface area contributed by atoms with Gasteiger partial charge >= 0.3 is 0 Å². The second-order valence-electron chi connectivity index (χ2n) is 19.9. The molecule has 0 spiro atoms. The Morgan fingerprint density at radius 2 is 1.34 bits per heavy atom. The Hall–Kier alpha value is -4.90. The Labute approximate surface area is 351 Å². The molecule has 2 unspecified atom stereocenters. The van der Waals surface area contributed by atoms with Crippen LogP contribution in [0.25, 0.3) is 63.5 Å². The number of hydrogen-bond acceptors (Lipinski definition) is 4. The molecule has 0 saturated heterocycles. The van der Waals surface area contributed by atoms with Gasteiger partial charge in [0.15, 0.2) is 0 Å². The van der Waals surface area contributed by atoms with Crippen LogP contribution in [0.5, 0.6) is 0 Å². The van der Waals surface area contributed by atoms with Crippen LogP contribution in [-0.2, 0) is 21.7 Å². The highest BCUT2D eigenvalue weighted by atomic mass is 32.1. The van der Waals surface area contributed by atoms with Gasteiger partial charge in [-0.3, -0.25) is 9.97 Å². The Morgan fingerprint density at radius 3 is 2.14 bits per heavy atom. The lowest BCUT2D eigenvalue weighted by Crippen LogP contribution is -2.24. The van der Waals surface area contributed by atoms with E-state index >= 15 is 0 Å². The quantitative estimate of drug-likeness (QED) is 0.177. The van der Waals surface area contributed by atoms with Gasteiger partial charge in [-0.15, -0.1) is 22.7 Å². The fraction of sp³-hybridized carbons (Fsp3) is 0.296. The van der Waals surface area contributed by atoms with Gasteiger partial charge in [0.25, 0.3) is 0 Å². The molecule has 2 atom stereocenters. The molecule has 0 radical (unpaired) electrons. The summed E-state index contributed by atoms with van der Waals surface area (Å²) in [5.74, 6) is 0.780. The summed E-state index contributed by atoms with van der Waals surface area (Å²) in [5.41, 5.74) is 10.4. The smallest absolute Gasteiger partial charge is 0.0898 e. The highest BCUT2D eigenvalue weighted by Gasteiger charge is 2.45. The van der Waals surface area contributed by atoms with Gasteiger partial charge in [0.05, 0.1) is 27.5 Å². The standard InChI is InChI=1S/C54H52N2S2/c1-51(2,3)32-25-26-43-36(28-32)37-29-45(56-48(50(37)57-43)39-27-31-17-11-12-18-33(31)38-30-46(52(4,5)6)58-49(38)39)54(9,10)44-24-16-23-42(55-44)35-20-15-22-41-47(35)34-19-13-14-21-40(34)53(41,7)8/h11-30,34,40H,1-10H3. The summed E-state index contributed by atoms with van der Waals surface area (Å²) in [5, 5.41) is 6.44. The van der Waals surface area contributed by atoms with E-state index in [1.807, 2.05) is 22.7 Å². The number of allylic oxidation sites excluding steroid dienone is 4. The number of thiophene rings is 2. The number of hydrogen-bond donors (Lipinski definition) is 0. The second kappa shape index (κ2) is 12.8. The number of benzene rings is 4. The first kappa shape index (κ1) is 37.4. The molecule has 0 fully saturated rings. The summed E-state index contributed by atoms with van der Waals surface area (Å²) >= 11 is 3.81. The largest absolute Gasteiger partial charge is 0.252 e. The first-order valence-corrected chi connectivity index (χ1v) is 22.5. The zero-order chi connectivity index (χ0) is 40.5. The van der Waals surface area contributed by atoms with Gasteiger partial charge in [-0.2, -0.15) is 0 Å². The van der Waals surface area contributed by atoms with Gasteiger partial charge in [-0.25, -0.2) is 0 Å². The third kappa shape index (κ3) is 5.69. The lowest BCUT2D eigenvalue weighted by Gasteiger charge is -2.29. The van der Waals surface area contributed by atoms with E-state index < -0.39 is 5.41 Å². The third-order valence-corrected chi connectivity index (χ3v) is 16.0. The summed E-state index contributed by atoms with van der Waals surface area (Å²) in [4.78, 5) is 12.8. The Morgan fingerprint density at radius 1 is 0.586 bits per heavy atom. The normalized spacial score (nSPS) is 17.8. The molecule has 10 rings (SSSR count). The van der Waals surface area contributed by atoms with Crippen molar-refractivity contribution < 1.29 is 0 Å². The average molecular weight is 793 g/mol. The molecule has 58 heavy (non-hydrogen) atoms. The molecule has 4 heterocycles. The fourth-order valence-corrected chi connectivity index (χ4v) is 12.1. The monoisotopic (exact) mass is 792 g/mol. The van der Waals surface area contributed by atoms with Crippen molar-refractivity contribution in [3.8, 4) is 22.5 Å². The minimum Gasteiger partial charge on any atom is -0.252 e. The minimum absolute atomic E-state index is 0.0335.